The van der Waals surface area contributed by atoms with Crippen LogP contribution < -0.4 is 0 Å². The lowest BCUT2D eigenvalue weighted by Crippen LogP contribution is -2.33. The summed E-state index contributed by atoms with van der Waals surface area (Å²) in [6.07, 6.45) is 3.66. The molecule has 18 heavy (non-hydrogen) atoms. The minimum absolute atomic E-state index is 0.122. The maximum absolute atomic E-state index is 11.7. The molecular weight excluding hydrogens is 246 g/mol. The summed E-state index contributed by atoms with van der Waals surface area (Å²) in [7, 11) is 0. The molecule has 0 aliphatic heterocycles. The molecule has 0 radical (unpaired) electrons. The van der Waals surface area contributed by atoms with Crippen molar-refractivity contribution in [2.75, 3.05) is 0 Å². The molecule has 1 heterocycles. The Morgan fingerprint density at radius 3 is 2.89 bits per heavy atom. The Morgan fingerprint density at radius 2 is 2.28 bits per heavy atom. The number of aromatic nitrogens is 1. The molecule has 0 aromatic carbocycles. The van der Waals surface area contributed by atoms with Crippen molar-refractivity contribution in [1.29, 1.82) is 0 Å². The van der Waals surface area contributed by atoms with Crippen molar-refractivity contribution in [3.8, 4) is 0 Å². The van der Waals surface area contributed by atoms with Gasteiger partial charge in [-0.25, -0.2) is 4.98 Å². The number of aliphatic hydroxyl groups excluding tert-OH is 1. The number of carbonyl (C=O) groups excluding carboxylic acids is 1. The number of thiazole rings is 1. The molecule has 1 aliphatic rings. The number of hydrogen-bond donors (Lipinski definition) is 1. The van der Waals surface area contributed by atoms with Gasteiger partial charge >= 0.3 is 0 Å². The summed E-state index contributed by atoms with van der Waals surface area (Å²) in [6.45, 7) is 5.66. The summed E-state index contributed by atoms with van der Waals surface area (Å²) < 4.78 is 0. The number of rotatable bonds is 2. The molecule has 0 bridgehead atoms. The lowest BCUT2D eigenvalue weighted by molar-refractivity contribution is -0.125. The summed E-state index contributed by atoms with van der Waals surface area (Å²) in [6, 6.07) is 0. The number of nitrogens with zero attached hydrogens (tertiary/aromatic N) is 1. The second kappa shape index (κ2) is 5.16. The van der Waals surface area contributed by atoms with Crippen molar-refractivity contribution >= 4 is 23.2 Å². The van der Waals surface area contributed by atoms with Gasteiger partial charge in [0.15, 0.2) is 5.78 Å². The van der Waals surface area contributed by atoms with Gasteiger partial charge in [-0.05, 0) is 38.8 Å². The third-order valence-corrected chi connectivity index (χ3v) is 4.11. The van der Waals surface area contributed by atoms with Gasteiger partial charge in [0.1, 0.15) is 6.10 Å². The van der Waals surface area contributed by atoms with Crippen LogP contribution in [-0.4, -0.2) is 22.0 Å². The van der Waals surface area contributed by atoms with Crippen LogP contribution in [0.15, 0.2) is 22.6 Å². The Morgan fingerprint density at radius 1 is 1.56 bits per heavy atom. The van der Waals surface area contributed by atoms with Crippen molar-refractivity contribution in [2.45, 2.75) is 33.3 Å². The van der Waals surface area contributed by atoms with Crippen LogP contribution in [0.2, 0.25) is 0 Å². The Bertz CT molecular complexity index is 528. The van der Waals surface area contributed by atoms with Gasteiger partial charge in [0, 0.05) is 11.3 Å². The second-order valence-electron chi connectivity index (χ2n) is 4.72. The SMILES string of the molecule is CC1=CC[C@@H](/C(C)=C/c2csc(C)n2)[C@@H](O)C1=O. The van der Waals surface area contributed by atoms with Crippen LogP contribution in [0.25, 0.3) is 6.08 Å². The Kier molecular flexibility index (Phi) is 3.78. The average Bonchev–Trinajstić information content (AvgIpc) is 2.71. The fourth-order valence-electron chi connectivity index (χ4n) is 2.17. The molecule has 0 fully saturated rings. The van der Waals surface area contributed by atoms with Gasteiger partial charge in [-0.15, -0.1) is 11.3 Å². The summed E-state index contributed by atoms with van der Waals surface area (Å²) in [5.74, 6) is -0.281. The minimum Gasteiger partial charge on any atom is -0.384 e. The molecule has 0 saturated carbocycles. The predicted molar refractivity (Wildman–Crippen MR) is 73.4 cm³/mol. The molecule has 4 heteroatoms. The summed E-state index contributed by atoms with van der Waals surface area (Å²) in [5.41, 5.74) is 2.57. The molecule has 1 aromatic heterocycles. The van der Waals surface area contributed by atoms with Gasteiger partial charge in [-0.2, -0.15) is 0 Å². The van der Waals surface area contributed by atoms with Gasteiger partial charge < -0.3 is 5.11 Å². The van der Waals surface area contributed by atoms with E-state index in [1.807, 2.05) is 31.4 Å². The second-order valence-corrected chi connectivity index (χ2v) is 5.78. The molecule has 0 saturated heterocycles. The zero-order chi connectivity index (χ0) is 13.3. The molecule has 0 amide bonds. The summed E-state index contributed by atoms with van der Waals surface area (Å²) in [5, 5.41) is 13.0. The van der Waals surface area contributed by atoms with Crippen molar-refractivity contribution in [2.24, 2.45) is 5.92 Å². The zero-order valence-electron chi connectivity index (χ0n) is 10.8. The number of allylic oxidation sites excluding steroid dienone is 1. The molecule has 2 atom stereocenters. The van der Waals surface area contributed by atoms with Crippen LogP contribution in [0, 0.1) is 12.8 Å². The highest BCUT2D eigenvalue weighted by Crippen LogP contribution is 2.28. The van der Waals surface area contributed by atoms with E-state index in [-0.39, 0.29) is 11.7 Å². The molecule has 96 valence electrons. The molecule has 2 rings (SSSR count). The molecule has 1 aliphatic carbocycles. The normalized spacial score (nSPS) is 25.2. The molecule has 1 aromatic rings. The van der Waals surface area contributed by atoms with E-state index >= 15 is 0 Å². The van der Waals surface area contributed by atoms with Gasteiger partial charge in [0.05, 0.1) is 10.7 Å². The Balaban J connectivity index is 2.22. The fraction of sp³-hybridized carbons (Fsp3) is 0.429. The maximum Gasteiger partial charge on any atom is 0.187 e. The lowest BCUT2D eigenvalue weighted by atomic mass is 9.82. The van der Waals surface area contributed by atoms with Crippen molar-refractivity contribution in [3.05, 3.63) is 33.3 Å². The van der Waals surface area contributed by atoms with Gasteiger partial charge in [-0.3, -0.25) is 4.79 Å². The first-order valence-corrected chi connectivity index (χ1v) is 6.86. The largest absolute Gasteiger partial charge is 0.384 e. The summed E-state index contributed by atoms with van der Waals surface area (Å²) >= 11 is 1.60. The van der Waals surface area contributed by atoms with Crippen molar-refractivity contribution in [3.63, 3.8) is 0 Å². The van der Waals surface area contributed by atoms with E-state index in [2.05, 4.69) is 4.98 Å². The Hall–Kier alpha value is -1.26. The number of aryl methyl sites for hydroxylation is 1. The zero-order valence-corrected chi connectivity index (χ0v) is 11.6. The average molecular weight is 263 g/mol. The predicted octanol–water partition coefficient (Wildman–Crippen LogP) is 2.75. The van der Waals surface area contributed by atoms with Crippen LogP contribution in [-0.2, 0) is 4.79 Å². The third-order valence-electron chi connectivity index (χ3n) is 3.31. The van der Waals surface area contributed by atoms with Crippen LogP contribution in [0.3, 0.4) is 0 Å². The first-order valence-electron chi connectivity index (χ1n) is 5.98. The maximum atomic E-state index is 11.7. The van der Waals surface area contributed by atoms with Gasteiger partial charge in [0.2, 0.25) is 0 Å². The number of hydrogen-bond acceptors (Lipinski definition) is 4. The van der Waals surface area contributed by atoms with E-state index in [0.717, 1.165) is 16.3 Å². The van der Waals surface area contributed by atoms with Crippen LogP contribution in [0.1, 0.15) is 31.0 Å². The topological polar surface area (TPSA) is 50.2 Å². The highest BCUT2D eigenvalue weighted by molar-refractivity contribution is 7.09. The number of Topliss-reactive ketones (excluding diaryl/α,β-unsaturated/α-hetero) is 1. The highest BCUT2D eigenvalue weighted by Gasteiger charge is 2.30. The van der Waals surface area contributed by atoms with Crippen LogP contribution in [0.5, 0.6) is 0 Å². The monoisotopic (exact) mass is 263 g/mol. The highest BCUT2D eigenvalue weighted by atomic mass is 32.1. The van der Waals surface area contributed by atoms with Crippen LogP contribution >= 0.6 is 11.3 Å². The number of carbonyl (C=O) groups is 1. The molecule has 3 nitrogen and oxygen atoms in total. The first-order chi connectivity index (χ1) is 8.49. The molecular formula is C14H17NO2S. The van der Waals surface area contributed by atoms with E-state index in [4.69, 9.17) is 0 Å². The van der Waals surface area contributed by atoms with Gasteiger partial charge in [-0.1, -0.05) is 11.6 Å². The van der Waals surface area contributed by atoms with Crippen molar-refractivity contribution in [1.82, 2.24) is 4.98 Å². The first kappa shape index (κ1) is 13.2. The van der Waals surface area contributed by atoms with Gasteiger partial charge in [0.25, 0.3) is 0 Å². The smallest absolute Gasteiger partial charge is 0.187 e. The molecule has 0 spiro atoms. The van der Waals surface area contributed by atoms with E-state index in [0.29, 0.717) is 12.0 Å². The standard InChI is InChI=1S/C14H17NO2S/c1-8-4-5-12(14(17)13(8)16)9(2)6-11-7-18-10(3)15-11/h4,6-7,12,14,17H,5H2,1-3H3/b9-6+/t12-,14+/m0/s1. The van der Waals surface area contributed by atoms with E-state index in [1.165, 1.54) is 0 Å². The van der Waals surface area contributed by atoms with Crippen molar-refractivity contribution < 1.29 is 9.90 Å². The van der Waals surface area contributed by atoms with Crippen LogP contribution in [0.4, 0.5) is 0 Å². The fourth-order valence-corrected chi connectivity index (χ4v) is 2.74. The number of ketones is 1. The van der Waals surface area contributed by atoms with E-state index in [9.17, 15) is 9.90 Å². The minimum atomic E-state index is -0.911. The number of aliphatic hydroxyl groups is 1. The quantitative estimate of drug-likeness (QED) is 0.892. The van der Waals surface area contributed by atoms with E-state index in [1.54, 1.807) is 18.3 Å². The summed E-state index contributed by atoms with van der Waals surface area (Å²) in [4.78, 5) is 16.1. The Labute approximate surface area is 111 Å². The van der Waals surface area contributed by atoms with E-state index < -0.39 is 6.10 Å². The lowest BCUT2D eigenvalue weighted by Gasteiger charge is -2.26. The molecule has 1 N–H and O–H groups in total. The molecule has 0 unspecified atom stereocenters. The third kappa shape index (κ3) is 2.60.